The van der Waals surface area contributed by atoms with Gasteiger partial charge in [0.05, 0.1) is 10.9 Å². The molecule has 0 spiro atoms. The Kier molecular flexibility index (Phi) is 10.8. The van der Waals surface area contributed by atoms with Gasteiger partial charge in [0.1, 0.15) is 23.9 Å². The summed E-state index contributed by atoms with van der Waals surface area (Å²) in [5.41, 5.74) is -0.458. The average Bonchev–Trinajstić information content (AvgIpc) is 3.33. The number of carbonyl (C=O) groups excluding carboxylic acids is 2. The largest absolute Gasteiger partial charge is 2.00 e. The number of aliphatic imine (C=N–C) groups is 1. The second-order valence-corrected chi connectivity index (χ2v) is 9.92. The zero-order valence-electron chi connectivity index (χ0n) is 24.0. The standard InChI is InChI=1S/C30H26F4N6O3.U/c1-5-37-28(35)29(2,3)40-25(41)18-8-6-7-17(13-18)20-14-21-22(26(42)36-4)23(16-9-11-19(31)12-10-16)43-27(21)39-24(20)38-15-30(32,33)34;/h6-14H,15H2,1-4H3,(H,36,42)(H,38,39)(H,40,41);/q-2;+2. The molecule has 0 saturated heterocycles. The van der Waals surface area contributed by atoms with Gasteiger partial charge >= 0.3 is 37.3 Å². The van der Waals surface area contributed by atoms with E-state index in [2.05, 4.69) is 32.1 Å². The van der Waals surface area contributed by atoms with Gasteiger partial charge in [0, 0.05) is 23.7 Å². The molecule has 44 heavy (non-hydrogen) atoms. The van der Waals surface area contributed by atoms with Gasteiger partial charge in [-0.15, -0.1) is 6.92 Å². The summed E-state index contributed by atoms with van der Waals surface area (Å²) in [7, 11) is 1.39. The molecule has 0 aliphatic heterocycles. The molecular weight excluding hydrogens is 806 g/mol. The number of nitrogens with zero attached hydrogens (tertiary/aromatic N) is 3. The summed E-state index contributed by atoms with van der Waals surface area (Å²) in [6.07, 6.45) is -2.16. The van der Waals surface area contributed by atoms with Crippen molar-refractivity contribution in [3.63, 3.8) is 0 Å². The third kappa shape index (κ3) is 7.73. The number of fused-ring (bicyclic) bond motifs is 1. The zero-order valence-corrected chi connectivity index (χ0v) is 28.1. The molecule has 0 bridgehead atoms. The summed E-state index contributed by atoms with van der Waals surface area (Å²) >= 11 is 0. The molecule has 0 aliphatic carbocycles. The van der Waals surface area contributed by atoms with Crippen molar-refractivity contribution < 1.29 is 62.7 Å². The molecule has 3 N–H and O–H groups in total. The van der Waals surface area contributed by atoms with E-state index in [1.807, 2.05) is 0 Å². The van der Waals surface area contributed by atoms with Crippen molar-refractivity contribution in [1.29, 1.82) is 0 Å². The number of benzene rings is 2. The molecule has 0 aliphatic rings. The molecule has 0 atom stereocenters. The van der Waals surface area contributed by atoms with Crippen molar-refractivity contribution in [2.75, 3.05) is 18.9 Å². The van der Waals surface area contributed by atoms with Gasteiger partial charge in [-0.1, -0.05) is 26.0 Å². The van der Waals surface area contributed by atoms with E-state index in [0.29, 0.717) is 11.1 Å². The Hall–Kier alpha value is -4.02. The molecule has 9 nitrogen and oxygen atoms in total. The molecule has 226 valence electrons. The number of rotatable bonds is 8. The van der Waals surface area contributed by atoms with Crippen LogP contribution in [-0.4, -0.2) is 54.2 Å². The number of nitrogens with one attached hydrogen (secondary N) is 3. The molecule has 0 saturated carbocycles. The maximum atomic E-state index is 13.6. The van der Waals surface area contributed by atoms with E-state index in [4.69, 9.17) is 4.42 Å². The van der Waals surface area contributed by atoms with Crippen LogP contribution in [0.1, 0.15) is 41.5 Å². The summed E-state index contributed by atoms with van der Waals surface area (Å²) in [6, 6.07) is 12.6. The van der Waals surface area contributed by atoms with Crippen molar-refractivity contribution in [3.8, 4) is 22.5 Å². The second-order valence-electron chi connectivity index (χ2n) is 9.92. The Morgan fingerprint density at radius 2 is 1.73 bits per heavy atom. The van der Waals surface area contributed by atoms with Crippen LogP contribution in [0, 0.1) is 36.9 Å². The van der Waals surface area contributed by atoms with Gasteiger partial charge in [0.15, 0.2) is 0 Å². The van der Waals surface area contributed by atoms with Crippen molar-refractivity contribution in [2.45, 2.75) is 32.5 Å². The van der Waals surface area contributed by atoms with Crippen LogP contribution in [0.15, 0.2) is 64.0 Å². The van der Waals surface area contributed by atoms with E-state index in [1.54, 1.807) is 6.07 Å². The fourth-order valence-electron chi connectivity index (χ4n) is 4.20. The van der Waals surface area contributed by atoms with Gasteiger partial charge in [-0.3, -0.25) is 9.59 Å². The molecule has 2 aromatic heterocycles. The smallest absolute Gasteiger partial charge is 0.643 e. The quantitative estimate of drug-likeness (QED) is 0.0859. The van der Waals surface area contributed by atoms with Crippen molar-refractivity contribution in [2.24, 2.45) is 4.99 Å². The summed E-state index contributed by atoms with van der Waals surface area (Å²) in [4.78, 5) is 34.1. The van der Waals surface area contributed by atoms with E-state index < -0.39 is 35.9 Å². The van der Waals surface area contributed by atoms with Crippen LogP contribution < -0.4 is 16.0 Å². The Bertz CT molecular complexity index is 1730. The fourth-order valence-corrected chi connectivity index (χ4v) is 4.20. The van der Waals surface area contributed by atoms with Crippen LogP contribution in [0.2, 0.25) is 0 Å². The number of amidine groups is 1. The Morgan fingerprint density at radius 1 is 1.05 bits per heavy atom. The Labute approximate surface area is 273 Å². The maximum Gasteiger partial charge on any atom is 2.00 e. The fraction of sp³-hybridized carbons (Fsp3) is 0.233. The minimum absolute atomic E-state index is 0. The van der Waals surface area contributed by atoms with Crippen LogP contribution in [0.5, 0.6) is 0 Å². The number of hydrogen-bond donors (Lipinski definition) is 3. The van der Waals surface area contributed by atoms with E-state index in [-0.39, 0.29) is 76.3 Å². The van der Waals surface area contributed by atoms with Crippen LogP contribution in [0.3, 0.4) is 0 Å². The third-order valence-electron chi connectivity index (χ3n) is 6.34. The van der Waals surface area contributed by atoms with E-state index in [9.17, 15) is 32.6 Å². The maximum absolute atomic E-state index is 13.6. The molecular formula is C30H26F4N6O3U. The first kappa shape index (κ1) is 34.5. The van der Waals surface area contributed by atoms with Crippen molar-refractivity contribution in [3.05, 3.63) is 77.0 Å². The Balaban J connectivity index is 0.00000529. The number of hydrogen-bond acceptors (Lipinski definition) is 5. The summed E-state index contributed by atoms with van der Waals surface area (Å²) in [6.45, 7) is 3.11. The first-order valence-electron chi connectivity index (χ1n) is 12.9. The van der Waals surface area contributed by atoms with Crippen molar-refractivity contribution in [1.82, 2.24) is 15.6 Å². The Morgan fingerprint density at radius 3 is 2.34 bits per heavy atom. The molecule has 4 aromatic rings. The number of carbonyl (C=O) groups is 2. The average molecular weight is 833 g/mol. The van der Waals surface area contributed by atoms with Gasteiger partial charge in [-0.25, -0.2) is 10.2 Å². The second kappa shape index (κ2) is 13.7. The van der Waals surface area contributed by atoms with Gasteiger partial charge in [0.25, 0.3) is 11.8 Å². The summed E-state index contributed by atoms with van der Waals surface area (Å²) < 4.78 is 59.1. The molecule has 2 heterocycles. The minimum Gasteiger partial charge on any atom is -0.643 e. The molecule has 14 heteroatoms. The third-order valence-corrected chi connectivity index (χ3v) is 6.34. The van der Waals surface area contributed by atoms with E-state index in [1.165, 1.54) is 76.3 Å². The first-order chi connectivity index (χ1) is 20.2. The summed E-state index contributed by atoms with van der Waals surface area (Å²) in [5.74, 6) is -2.25. The van der Waals surface area contributed by atoms with Gasteiger partial charge in [0.2, 0.25) is 5.71 Å². The summed E-state index contributed by atoms with van der Waals surface area (Å²) in [5, 5.41) is 17.8. The molecule has 4 rings (SSSR count). The number of amides is 2. The van der Waals surface area contributed by atoms with Crippen LogP contribution in [0.4, 0.5) is 23.4 Å². The number of anilines is 1. The monoisotopic (exact) mass is 832 g/mol. The number of furan rings is 1. The van der Waals surface area contributed by atoms with E-state index >= 15 is 0 Å². The molecule has 2 aromatic carbocycles. The first-order valence-corrected chi connectivity index (χ1v) is 12.9. The SMILES string of the molecule is C[C-]=NC(=[N-])C(C)(C)NC(=O)c1cccc(-c2cc3c(C(=O)NC)c(-c4ccc(F)cc4)oc3nc2NCC(F)(F)F)c1.[U+2]. The van der Waals surface area contributed by atoms with Crippen molar-refractivity contribution >= 4 is 40.8 Å². The molecule has 2 amide bonds. The van der Waals surface area contributed by atoms with Gasteiger partial charge in [-0.2, -0.15) is 18.2 Å². The van der Waals surface area contributed by atoms with Crippen LogP contribution in [0.25, 0.3) is 39.0 Å². The van der Waals surface area contributed by atoms with Gasteiger partial charge in [-0.05, 0) is 53.6 Å². The minimum atomic E-state index is -4.59. The normalized spacial score (nSPS) is 11.7. The molecule has 0 unspecified atom stereocenters. The van der Waals surface area contributed by atoms with E-state index in [0.717, 1.165) is 0 Å². The predicted octanol–water partition coefficient (Wildman–Crippen LogP) is 6.08. The van der Waals surface area contributed by atoms with Crippen LogP contribution >= 0.6 is 0 Å². The number of halogens is 4. The van der Waals surface area contributed by atoms with Crippen LogP contribution in [-0.2, 0) is 0 Å². The molecule has 0 fully saturated rings. The molecule has 0 radical (unpaired) electrons. The topological polar surface area (TPSA) is 131 Å². The van der Waals surface area contributed by atoms with Gasteiger partial charge < -0.3 is 37.0 Å². The zero-order chi connectivity index (χ0) is 31.5. The number of pyridine rings is 1. The number of alkyl halides is 3. The number of aromatic nitrogens is 1. The predicted molar refractivity (Wildman–Crippen MR) is 156 cm³/mol.